The molecule has 0 bridgehead atoms. The molecule has 30 heavy (non-hydrogen) atoms. The summed E-state index contributed by atoms with van der Waals surface area (Å²) < 4.78 is 5.76. The molecule has 4 aromatic rings. The van der Waals surface area contributed by atoms with Crippen molar-refractivity contribution in [3.05, 3.63) is 63.9 Å². The Morgan fingerprint density at radius 2 is 2.03 bits per heavy atom. The topological polar surface area (TPSA) is 81.2 Å². The van der Waals surface area contributed by atoms with E-state index in [2.05, 4.69) is 11.4 Å². The van der Waals surface area contributed by atoms with Gasteiger partial charge in [-0.3, -0.25) is 4.79 Å². The van der Waals surface area contributed by atoms with Crippen LogP contribution >= 0.6 is 11.3 Å². The van der Waals surface area contributed by atoms with Crippen LogP contribution in [0, 0.1) is 13.8 Å². The summed E-state index contributed by atoms with van der Waals surface area (Å²) in [7, 11) is 0. The largest absolute Gasteiger partial charge is 0.464 e. The van der Waals surface area contributed by atoms with Crippen molar-refractivity contribution in [3.8, 4) is 11.3 Å². The smallest absolute Gasteiger partial charge is 0.267 e. The molecule has 0 spiro atoms. The van der Waals surface area contributed by atoms with Crippen LogP contribution in [-0.4, -0.2) is 10.9 Å². The third kappa shape index (κ3) is 3.08. The van der Waals surface area contributed by atoms with Gasteiger partial charge in [-0.05, 0) is 68.9 Å². The van der Waals surface area contributed by atoms with Gasteiger partial charge >= 0.3 is 0 Å². The summed E-state index contributed by atoms with van der Waals surface area (Å²) in [6, 6.07) is 9.80. The molecule has 1 aliphatic carbocycles. The van der Waals surface area contributed by atoms with E-state index in [1.165, 1.54) is 16.9 Å². The summed E-state index contributed by atoms with van der Waals surface area (Å²) in [6.45, 7) is 4.02. The lowest BCUT2D eigenvalue weighted by Gasteiger charge is -2.18. The Kier molecular flexibility index (Phi) is 4.59. The molecule has 3 N–H and O–H groups in total. The molecule has 0 aliphatic heterocycles. The highest BCUT2D eigenvalue weighted by Gasteiger charge is 2.27. The standard InChI is InChI=1S/C24H23N3O2S/c1-13-9-10-16(14(2)12-13)26-23(28)22-21(25)20-19(18-8-5-11-29-18)15-6-3-4-7-17(15)27-24(20)30-22/h5,8-12H,3-4,6-7,25H2,1-2H3,(H,26,28). The number of hydrogen-bond acceptors (Lipinski definition) is 5. The number of pyridine rings is 1. The number of nitrogens with zero attached hydrogens (tertiary/aromatic N) is 1. The predicted molar refractivity (Wildman–Crippen MR) is 122 cm³/mol. The minimum atomic E-state index is -0.203. The predicted octanol–water partition coefficient (Wildman–Crippen LogP) is 5.89. The Morgan fingerprint density at radius 3 is 2.80 bits per heavy atom. The van der Waals surface area contributed by atoms with E-state index < -0.39 is 0 Å². The second kappa shape index (κ2) is 7.29. The number of aromatic nitrogens is 1. The first-order chi connectivity index (χ1) is 14.5. The van der Waals surface area contributed by atoms with Gasteiger partial charge in [-0.15, -0.1) is 11.3 Å². The molecule has 0 radical (unpaired) electrons. The van der Waals surface area contributed by atoms with Crippen LogP contribution in [0.1, 0.15) is 44.9 Å². The molecule has 0 saturated heterocycles. The first-order valence-corrected chi connectivity index (χ1v) is 11.0. The van der Waals surface area contributed by atoms with Gasteiger partial charge < -0.3 is 15.5 Å². The fourth-order valence-electron chi connectivity index (χ4n) is 4.30. The lowest BCUT2D eigenvalue weighted by Crippen LogP contribution is -2.13. The van der Waals surface area contributed by atoms with Crippen LogP contribution in [0.15, 0.2) is 41.0 Å². The van der Waals surface area contributed by atoms with Crippen LogP contribution < -0.4 is 11.1 Å². The average Bonchev–Trinajstić information content (AvgIpc) is 3.37. The van der Waals surface area contributed by atoms with E-state index in [1.54, 1.807) is 6.26 Å². The zero-order valence-corrected chi connectivity index (χ0v) is 17.9. The number of amides is 1. The van der Waals surface area contributed by atoms with Gasteiger partial charge in [-0.2, -0.15) is 0 Å². The van der Waals surface area contributed by atoms with Gasteiger partial charge in [0.15, 0.2) is 0 Å². The summed E-state index contributed by atoms with van der Waals surface area (Å²) in [6.07, 6.45) is 5.82. The number of nitrogen functional groups attached to an aromatic ring is 1. The lowest BCUT2D eigenvalue weighted by atomic mass is 9.89. The van der Waals surface area contributed by atoms with E-state index in [0.717, 1.165) is 69.7 Å². The van der Waals surface area contributed by atoms with Crippen molar-refractivity contribution in [2.24, 2.45) is 0 Å². The zero-order valence-electron chi connectivity index (χ0n) is 17.0. The highest BCUT2D eigenvalue weighted by atomic mass is 32.1. The van der Waals surface area contributed by atoms with Crippen molar-refractivity contribution < 1.29 is 9.21 Å². The first-order valence-electron chi connectivity index (χ1n) is 10.2. The first kappa shape index (κ1) is 18.9. The van der Waals surface area contributed by atoms with Crippen molar-refractivity contribution in [2.45, 2.75) is 39.5 Å². The Labute approximate surface area is 178 Å². The van der Waals surface area contributed by atoms with Crippen molar-refractivity contribution >= 4 is 38.8 Å². The second-order valence-corrected chi connectivity index (χ2v) is 8.89. The molecule has 3 aromatic heterocycles. The van der Waals surface area contributed by atoms with Crippen LogP contribution in [0.4, 0.5) is 11.4 Å². The number of carbonyl (C=O) groups is 1. The number of rotatable bonds is 3. The Bertz CT molecular complexity index is 1270. The summed E-state index contributed by atoms with van der Waals surface area (Å²) in [5.74, 6) is 0.581. The van der Waals surface area contributed by atoms with Gasteiger partial charge in [0.25, 0.3) is 5.91 Å². The van der Waals surface area contributed by atoms with Crippen molar-refractivity contribution in [3.63, 3.8) is 0 Å². The van der Waals surface area contributed by atoms with Gasteiger partial charge in [0.05, 0.1) is 12.0 Å². The molecule has 3 heterocycles. The Hall–Kier alpha value is -3.12. The molecule has 0 fully saturated rings. The number of aryl methyl sites for hydroxylation is 3. The van der Waals surface area contributed by atoms with E-state index in [1.807, 2.05) is 38.1 Å². The van der Waals surface area contributed by atoms with E-state index in [-0.39, 0.29) is 5.91 Å². The quantitative estimate of drug-likeness (QED) is 0.436. The number of furan rings is 1. The molecule has 1 amide bonds. The fraction of sp³-hybridized carbons (Fsp3) is 0.250. The molecule has 5 rings (SSSR count). The molecule has 5 nitrogen and oxygen atoms in total. The highest BCUT2D eigenvalue weighted by molar-refractivity contribution is 7.21. The highest BCUT2D eigenvalue weighted by Crippen LogP contribution is 2.44. The number of thiophene rings is 1. The lowest BCUT2D eigenvalue weighted by molar-refractivity contribution is 0.103. The number of benzene rings is 1. The van der Waals surface area contributed by atoms with E-state index >= 15 is 0 Å². The van der Waals surface area contributed by atoms with Gasteiger partial charge in [0.2, 0.25) is 0 Å². The molecule has 1 aliphatic rings. The number of nitrogens with two attached hydrogens (primary N) is 1. The number of carbonyl (C=O) groups excluding carboxylic acids is 1. The third-order valence-corrected chi connectivity index (χ3v) is 6.86. The molecule has 0 saturated carbocycles. The number of nitrogens with one attached hydrogen (secondary N) is 1. The summed E-state index contributed by atoms with van der Waals surface area (Å²) in [5.41, 5.74) is 13.3. The normalized spacial score (nSPS) is 13.4. The zero-order chi connectivity index (χ0) is 20.8. The van der Waals surface area contributed by atoms with Crippen LogP contribution in [0.5, 0.6) is 0 Å². The van der Waals surface area contributed by atoms with E-state index in [4.69, 9.17) is 15.1 Å². The summed E-state index contributed by atoms with van der Waals surface area (Å²) in [4.78, 5) is 19.3. The molecule has 0 atom stereocenters. The van der Waals surface area contributed by atoms with Crippen LogP contribution in [0.2, 0.25) is 0 Å². The number of fused-ring (bicyclic) bond motifs is 2. The van der Waals surface area contributed by atoms with Crippen molar-refractivity contribution in [1.29, 1.82) is 0 Å². The van der Waals surface area contributed by atoms with Gasteiger partial charge in [-0.25, -0.2) is 4.98 Å². The third-order valence-electron chi connectivity index (χ3n) is 5.76. The van der Waals surface area contributed by atoms with E-state index in [0.29, 0.717) is 10.6 Å². The van der Waals surface area contributed by atoms with Crippen LogP contribution in [0.25, 0.3) is 21.5 Å². The number of hydrogen-bond donors (Lipinski definition) is 2. The summed E-state index contributed by atoms with van der Waals surface area (Å²) >= 11 is 1.35. The van der Waals surface area contributed by atoms with Crippen LogP contribution in [-0.2, 0) is 12.8 Å². The van der Waals surface area contributed by atoms with E-state index in [9.17, 15) is 4.79 Å². The number of anilines is 2. The maximum Gasteiger partial charge on any atom is 0.267 e. The monoisotopic (exact) mass is 417 g/mol. The maximum atomic E-state index is 13.1. The molecule has 1 aromatic carbocycles. The van der Waals surface area contributed by atoms with Crippen molar-refractivity contribution in [1.82, 2.24) is 4.98 Å². The average molecular weight is 418 g/mol. The van der Waals surface area contributed by atoms with Crippen molar-refractivity contribution in [2.75, 3.05) is 11.1 Å². The molecule has 0 unspecified atom stereocenters. The fourth-order valence-corrected chi connectivity index (χ4v) is 5.32. The SMILES string of the molecule is Cc1ccc(NC(=O)c2sc3nc4c(c(-c5ccco5)c3c2N)CCCC4)c(C)c1. The van der Waals surface area contributed by atoms with Crippen LogP contribution in [0.3, 0.4) is 0 Å². The second-order valence-electron chi connectivity index (χ2n) is 7.89. The molecule has 6 heteroatoms. The molecular formula is C24H23N3O2S. The molecular weight excluding hydrogens is 394 g/mol. The molecule has 152 valence electrons. The van der Waals surface area contributed by atoms with Gasteiger partial charge in [-0.1, -0.05) is 17.7 Å². The Balaban J connectivity index is 1.65. The Morgan fingerprint density at radius 1 is 1.20 bits per heavy atom. The summed E-state index contributed by atoms with van der Waals surface area (Å²) in [5, 5.41) is 3.85. The maximum absolute atomic E-state index is 13.1. The van der Waals surface area contributed by atoms with Gasteiger partial charge in [0, 0.05) is 22.3 Å². The minimum Gasteiger partial charge on any atom is -0.464 e. The van der Waals surface area contributed by atoms with Gasteiger partial charge in [0.1, 0.15) is 15.5 Å². The minimum absolute atomic E-state index is 0.203.